The Labute approximate surface area is 111 Å². The highest BCUT2D eigenvalue weighted by molar-refractivity contribution is 5.81. The zero-order valence-electron chi connectivity index (χ0n) is 11.3. The number of aromatic nitrogens is 2. The van der Waals surface area contributed by atoms with Crippen molar-refractivity contribution in [1.29, 1.82) is 0 Å². The molecule has 5 heteroatoms. The summed E-state index contributed by atoms with van der Waals surface area (Å²) in [6.07, 6.45) is 0. The van der Waals surface area contributed by atoms with E-state index in [1.807, 2.05) is 26.0 Å². The van der Waals surface area contributed by atoms with Crippen molar-refractivity contribution in [2.75, 3.05) is 13.2 Å². The maximum atomic E-state index is 11.3. The summed E-state index contributed by atoms with van der Waals surface area (Å²) in [6.45, 7) is 5.78. The second kappa shape index (κ2) is 5.65. The van der Waals surface area contributed by atoms with Crippen LogP contribution in [0.5, 0.6) is 5.75 Å². The zero-order valence-corrected chi connectivity index (χ0v) is 11.3. The summed E-state index contributed by atoms with van der Waals surface area (Å²) in [5.41, 5.74) is 3.15. The Kier molecular flexibility index (Phi) is 3.94. The van der Waals surface area contributed by atoms with E-state index < -0.39 is 5.97 Å². The van der Waals surface area contributed by atoms with Crippen LogP contribution < -0.4 is 4.74 Å². The van der Waals surface area contributed by atoms with Crippen molar-refractivity contribution >= 4 is 17.0 Å². The number of nitrogens with zero attached hydrogens (tertiary/aromatic N) is 2. The van der Waals surface area contributed by atoms with Crippen molar-refractivity contribution in [3.8, 4) is 5.75 Å². The molecular formula is C14H16N2O3. The number of carbonyl (C=O) groups is 1. The number of aryl methyl sites for hydroxylation is 2. The number of benzene rings is 1. The molecule has 5 nitrogen and oxygen atoms in total. The smallest absolute Gasteiger partial charge is 0.344 e. The number of ether oxygens (including phenoxy) is 2. The van der Waals surface area contributed by atoms with Crippen LogP contribution in [0.4, 0.5) is 0 Å². The topological polar surface area (TPSA) is 61.3 Å². The van der Waals surface area contributed by atoms with Gasteiger partial charge in [-0.25, -0.2) is 14.8 Å². The van der Waals surface area contributed by atoms with Gasteiger partial charge in [-0.05, 0) is 32.9 Å². The molecule has 0 amide bonds. The second-order valence-electron chi connectivity index (χ2n) is 4.11. The quantitative estimate of drug-likeness (QED) is 0.788. The third kappa shape index (κ3) is 2.99. The van der Waals surface area contributed by atoms with Gasteiger partial charge >= 0.3 is 5.97 Å². The average Bonchev–Trinajstić information content (AvgIpc) is 2.38. The minimum Gasteiger partial charge on any atom is -0.480 e. The van der Waals surface area contributed by atoms with E-state index >= 15 is 0 Å². The standard InChI is InChI=1S/C14H16N2O3/c1-4-18-13(17)8-19-12-7-5-6-11-14(12)16-10(3)9(2)15-11/h5-7H,4,8H2,1-3H3. The Balaban J connectivity index is 2.28. The molecule has 1 aromatic carbocycles. The van der Waals surface area contributed by atoms with E-state index in [2.05, 4.69) is 9.97 Å². The Morgan fingerprint density at radius 3 is 2.68 bits per heavy atom. The van der Waals surface area contributed by atoms with Crippen molar-refractivity contribution < 1.29 is 14.3 Å². The Hall–Kier alpha value is -2.17. The summed E-state index contributed by atoms with van der Waals surface area (Å²) in [4.78, 5) is 20.2. The fourth-order valence-corrected chi connectivity index (χ4v) is 1.68. The summed E-state index contributed by atoms with van der Waals surface area (Å²) >= 11 is 0. The predicted molar refractivity (Wildman–Crippen MR) is 71.1 cm³/mol. The first kappa shape index (κ1) is 13.3. The van der Waals surface area contributed by atoms with Gasteiger partial charge in [0.25, 0.3) is 0 Å². The molecule has 0 saturated carbocycles. The molecule has 1 heterocycles. The minimum atomic E-state index is -0.392. The van der Waals surface area contributed by atoms with E-state index in [9.17, 15) is 4.79 Å². The van der Waals surface area contributed by atoms with Gasteiger partial charge in [-0.15, -0.1) is 0 Å². The summed E-state index contributed by atoms with van der Waals surface area (Å²) in [5.74, 6) is 0.150. The first-order valence-electron chi connectivity index (χ1n) is 6.14. The molecule has 0 unspecified atom stereocenters. The molecule has 0 atom stereocenters. The van der Waals surface area contributed by atoms with Gasteiger partial charge in [0.1, 0.15) is 11.3 Å². The predicted octanol–water partition coefficient (Wildman–Crippen LogP) is 2.19. The van der Waals surface area contributed by atoms with E-state index in [-0.39, 0.29) is 6.61 Å². The average molecular weight is 260 g/mol. The highest BCUT2D eigenvalue weighted by Gasteiger charge is 2.09. The molecule has 0 aliphatic heterocycles. The van der Waals surface area contributed by atoms with Crippen LogP contribution in [0.3, 0.4) is 0 Å². The highest BCUT2D eigenvalue weighted by atomic mass is 16.6. The van der Waals surface area contributed by atoms with Gasteiger partial charge in [0.15, 0.2) is 6.61 Å². The molecule has 2 rings (SSSR count). The first-order chi connectivity index (χ1) is 9.11. The molecule has 0 N–H and O–H groups in total. The van der Waals surface area contributed by atoms with Crippen molar-refractivity contribution in [1.82, 2.24) is 9.97 Å². The van der Waals surface area contributed by atoms with Crippen LogP contribution in [-0.2, 0) is 9.53 Å². The molecule has 0 saturated heterocycles. The van der Waals surface area contributed by atoms with Gasteiger partial charge in [-0.3, -0.25) is 0 Å². The third-order valence-electron chi connectivity index (χ3n) is 2.72. The second-order valence-corrected chi connectivity index (χ2v) is 4.11. The Bertz CT molecular complexity index is 611. The Morgan fingerprint density at radius 1 is 1.21 bits per heavy atom. The number of fused-ring (bicyclic) bond motifs is 1. The molecule has 0 bridgehead atoms. The van der Waals surface area contributed by atoms with E-state index in [0.29, 0.717) is 17.9 Å². The number of para-hydroxylation sites is 1. The molecule has 0 spiro atoms. The molecule has 1 aromatic heterocycles. The lowest BCUT2D eigenvalue weighted by Crippen LogP contribution is -2.14. The fourth-order valence-electron chi connectivity index (χ4n) is 1.68. The SMILES string of the molecule is CCOC(=O)COc1cccc2nc(C)c(C)nc12. The van der Waals surface area contributed by atoms with Gasteiger partial charge in [0.2, 0.25) is 0 Å². The molecule has 0 radical (unpaired) electrons. The van der Waals surface area contributed by atoms with Gasteiger partial charge in [0.05, 0.1) is 23.5 Å². The van der Waals surface area contributed by atoms with E-state index in [4.69, 9.17) is 9.47 Å². The number of hydrogen-bond donors (Lipinski definition) is 0. The lowest BCUT2D eigenvalue weighted by molar-refractivity contribution is -0.145. The Morgan fingerprint density at radius 2 is 1.95 bits per heavy atom. The van der Waals surface area contributed by atoms with Crippen LogP contribution >= 0.6 is 0 Å². The van der Waals surface area contributed by atoms with Crippen molar-refractivity contribution in [2.45, 2.75) is 20.8 Å². The van der Waals surface area contributed by atoms with Gasteiger partial charge in [-0.2, -0.15) is 0 Å². The van der Waals surface area contributed by atoms with Crippen LogP contribution in [0.2, 0.25) is 0 Å². The molecule has 0 aliphatic rings. The molecule has 0 fully saturated rings. The summed E-state index contributed by atoms with van der Waals surface area (Å²) < 4.78 is 10.3. The maximum Gasteiger partial charge on any atom is 0.344 e. The first-order valence-corrected chi connectivity index (χ1v) is 6.14. The summed E-state index contributed by atoms with van der Waals surface area (Å²) in [5, 5.41) is 0. The largest absolute Gasteiger partial charge is 0.480 e. The number of hydrogen-bond acceptors (Lipinski definition) is 5. The number of rotatable bonds is 4. The van der Waals surface area contributed by atoms with E-state index in [1.165, 1.54) is 0 Å². The van der Waals surface area contributed by atoms with Crippen LogP contribution in [0.25, 0.3) is 11.0 Å². The summed E-state index contributed by atoms with van der Waals surface area (Å²) in [7, 11) is 0. The van der Waals surface area contributed by atoms with Crippen molar-refractivity contribution in [2.24, 2.45) is 0 Å². The van der Waals surface area contributed by atoms with E-state index in [1.54, 1.807) is 13.0 Å². The van der Waals surface area contributed by atoms with Crippen LogP contribution in [0.15, 0.2) is 18.2 Å². The number of carbonyl (C=O) groups excluding carboxylic acids is 1. The van der Waals surface area contributed by atoms with Crippen molar-refractivity contribution in [3.05, 3.63) is 29.6 Å². The van der Waals surface area contributed by atoms with Crippen molar-refractivity contribution in [3.63, 3.8) is 0 Å². The molecule has 2 aromatic rings. The van der Waals surface area contributed by atoms with Crippen LogP contribution in [0.1, 0.15) is 18.3 Å². The molecule has 100 valence electrons. The summed E-state index contributed by atoms with van der Waals surface area (Å²) in [6, 6.07) is 5.46. The van der Waals surface area contributed by atoms with Crippen LogP contribution in [0, 0.1) is 13.8 Å². The third-order valence-corrected chi connectivity index (χ3v) is 2.72. The molecule has 19 heavy (non-hydrogen) atoms. The van der Waals surface area contributed by atoms with Gasteiger partial charge in [0, 0.05) is 0 Å². The van der Waals surface area contributed by atoms with Crippen LogP contribution in [-0.4, -0.2) is 29.2 Å². The lowest BCUT2D eigenvalue weighted by atomic mass is 10.2. The minimum absolute atomic E-state index is 0.123. The highest BCUT2D eigenvalue weighted by Crippen LogP contribution is 2.23. The molecular weight excluding hydrogens is 244 g/mol. The zero-order chi connectivity index (χ0) is 13.8. The monoisotopic (exact) mass is 260 g/mol. The lowest BCUT2D eigenvalue weighted by Gasteiger charge is -2.09. The van der Waals surface area contributed by atoms with Gasteiger partial charge in [-0.1, -0.05) is 6.07 Å². The van der Waals surface area contributed by atoms with Gasteiger partial charge < -0.3 is 9.47 Å². The maximum absolute atomic E-state index is 11.3. The van der Waals surface area contributed by atoms with E-state index in [0.717, 1.165) is 16.9 Å². The number of esters is 1. The fraction of sp³-hybridized carbons (Fsp3) is 0.357. The molecule has 0 aliphatic carbocycles. The normalized spacial score (nSPS) is 10.5.